The summed E-state index contributed by atoms with van der Waals surface area (Å²) in [5.41, 5.74) is 10.6. The van der Waals surface area contributed by atoms with Gasteiger partial charge in [0, 0.05) is 12.1 Å². The van der Waals surface area contributed by atoms with Crippen LogP contribution in [0, 0.1) is 0 Å². The van der Waals surface area contributed by atoms with E-state index in [0.717, 1.165) is 5.56 Å². The maximum Gasteiger partial charge on any atom is 0.257 e. The molecule has 0 unspecified atom stereocenters. The van der Waals surface area contributed by atoms with Gasteiger partial charge in [-0.25, -0.2) is 9.97 Å². The summed E-state index contributed by atoms with van der Waals surface area (Å²) < 4.78 is 17.7. The van der Waals surface area contributed by atoms with Crippen LogP contribution in [0.5, 0.6) is 17.2 Å². The minimum Gasteiger partial charge on any atom is -0.493 e. The number of nitrogens with two attached hydrogens (primary N) is 1. The predicted molar refractivity (Wildman–Crippen MR) is 151 cm³/mol. The third-order valence-electron chi connectivity index (χ3n) is 6.25. The zero-order valence-electron chi connectivity index (χ0n) is 21.8. The quantitative estimate of drug-likeness (QED) is 0.279. The molecule has 0 aliphatic carbocycles. The zero-order chi connectivity index (χ0) is 27.4. The number of fused-ring (bicyclic) bond motifs is 2. The third kappa shape index (κ3) is 5.04. The molecule has 10 nitrogen and oxygen atoms in total. The average molecular weight is 525 g/mol. The molecular formula is C29H28N6O4. The molecular weight excluding hydrogens is 496 g/mol. The van der Waals surface area contributed by atoms with Gasteiger partial charge in [0.05, 0.1) is 38.6 Å². The number of aromatic nitrogens is 3. The van der Waals surface area contributed by atoms with Crippen LogP contribution in [0.25, 0.3) is 22.2 Å². The van der Waals surface area contributed by atoms with Gasteiger partial charge in [-0.15, -0.1) is 0 Å². The number of hydrogen-bond donors (Lipinski definition) is 2. The fourth-order valence-electron chi connectivity index (χ4n) is 4.34. The van der Waals surface area contributed by atoms with E-state index in [1.807, 2.05) is 54.6 Å². The highest BCUT2D eigenvalue weighted by Gasteiger charge is 2.24. The predicted octanol–water partition coefficient (Wildman–Crippen LogP) is 4.05. The molecule has 10 heteroatoms. The van der Waals surface area contributed by atoms with E-state index >= 15 is 0 Å². The first-order chi connectivity index (χ1) is 19.0. The Labute approximate surface area is 225 Å². The van der Waals surface area contributed by atoms with Crippen molar-refractivity contribution in [2.45, 2.75) is 6.42 Å². The Bertz CT molecular complexity index is 1660. The van der Waals surface area contributed by atoms with Gasteiger partial charge in [-0.1, -0.05) is 42.5 Å². The first-order valence-electron chi connectivity index (χ1n) is 12.3. The molecule has 0 radical (unpaired) electrons. The van der Waals surface area contributed by atoms with Gasteiger partial charge >= 0.3 is 0 Å². The van der Waals surface area contributed by atoms with E-state index in [9.17, 15) is 4.79 Å². The molecule has 3 aromatic carbocycles. The average Bonchev–Trinajstić information content (AvgIpc) is 3.24. The van der Waals surface area contributed by atoms with Crippen molar-refractivity contribution in [3.63, 3.8) is 0 Å². The van der Waals surface area contributed by atoms with E-state index in [4.69, 9.17) is 29.9 Å². The number of methoxy groups -OCH3 is 3. The molecule has 3 N–H and O–H groups in total. The number of nitrogens with one attached hydrogen (secondary N) is 1. The smallest absolute Gasteiger partial charge is 0.257 e. The second kappa shape index (κ2) is 11.1. The standard InChI is InChI=1S/C29H28N6O4/c1-37-22-15-19(16-23(38-2)26(22)39-3)17-32-35-27(30)24(29(36)31-14-13-18-9-5-4-6-10-18)25-28(35)34-21-12-8-7-11-20(21)33-25/h4-12,15-17H,13-14,30H2,1-3H3,(H,31,36)/b32-17-. The summed E-state index contributed by atoms with van der Waals surface area (Å²) in [6, 6.07) is 20.9. The number of ether oxygens (including phenoxy) is 3. The second-order valence-corrected chi connectivity index (χ2v) is 8.65. The van der Waals surface area contributed by atoms with E-state index in [2.05, 4.69) is 10.4 Å². The molecule has 2 aromatic heterocycles. The van der Waals surface area contributed by atoms with Crippen molar-refractivity contribution >= 4 is 40.1 Å². The van der Waals surface area contributed by atoms with Crippen molar-refractivity contribution in [2.75, 3.05) is 33.6 Å². The van der Waals surface area contributed by atoms with Crippen LogP contribution >= 0.6 is 0 Å². The van der Waals surface area contributed by atoms with Crippen LogP contribution in [-0.4, -0.2) is 54.6 Å². The number of amides is 1. The molecule has 39 heavy (non-hydrogen) atoms. The van der Waals surface area contributed by atoms with Crippen LogP contribution in [0.15, 0.2) is 71.8 Å². The number of hydrogen-bond acceptors (Lipinski definition) is 8. The number of para-hydroxylation sites is 2. The molecule has 5 aromatic rings. The van der Waals surface area contributed by atoms with E-state index in [-0.39, 0.29) is 17.3 Å². The summed E-state index contributed by atoms with van der Waals surface area (Å²) in [7, 11) is 4.62. The zero-order valence-corrected chi connectivity index (χ0v) is 21.8. The normalized spacial score (nSPS) is 11.3. The van der Waals surface area contributed by atoms with Crippen molar-refractivity contribution in [2.24, 2.45) is 5.10 Å². The second-order valence-electron chi connectivity index (χ2n) is 8.65. The van der Waals surface area contributed by atoms with Crippen LogP contribution in [0.2, 0.25) is 0 Å². The van der Waals surface area contributed by atoms with Gasteiger partial charge in [0.25, 0.3) is 5.91 Å². The summed E-state index contributed by atoms with van der Waals surface area (Å²) in [6.45, 7) is 0.435. The Morgan fingerprint density at radius 3 is 2.23 bits per heavy atom. The van der Waals surface area contributed by atoms with Crippen molar-refractivity contribution in [3.05, 3.63) is 83.4 Å². The van der Waals surface area contributed by atoms with Crippen LogP contribution in [0.4, 0.5) is 5.82 Å². The third-order valence-corrected chi connectivity index (χ3v) is 6.25. The Morgan fingerprint density at radius 1 is 0.949 bits per heavy atom. The lowest BCUT2D eigenvalue weighted by molar-refractivity contribution is 0.0956. The topological polar surface area (TPSA) is 126 Å². The van der Waals surface area contributed by atoms with Crippen molar-refractivity contribution in [1.82, 2.24) is 20.0 Å². The number of nitrogens with zero attached hydrogens (tertiary/aromatic N) is 4. The lowest BCUT2D eigenvalue weighted by Crippen LogP contribution is -2.26. The van der Waals surface area contributed by atoms with Gasteiger partial charge in [0.1, 0.15) is 16.9 Å². The Kier molecular flexibility index (Phi) is 7.26. The van der Waals surface area contributed by atoms with E-state index in [0.29, 0.717) is 58.0 Å². The molecule has 0 saturated heterocycles. The summed E-state index contributed by atoms with van der Waals surface area (Å²) in [4.78, 5) is 22.8. The maximum absolute atomic E-state index is 13.4. The summed E-state index contributed by atoms with van der Waals surface area (Å²) in [6.07, 6.45) is 2.26. The Morgan fingerprint density at radius 2 is 1.59 bits per heavy atom. The highest BCUT2D eigenvalue weighted by molar-refractivity contribution is 6.10. The van der Waals surface area contributed by atoms with Gasteiger partial charge in [-0.05, 0) is 36.2 Å². The van der Waals surface area contributed by atoms with Crippen LogP contribution in [0.3, 0.4) is 0 Å². The molecule has 0 aliphatic heterocycles. The monoisotopic (exact) mass is 524 g/mol. The first kappa shape index (κ1) is 25.5. The highest BCUT2D eigenvalue weighted by Crippen LogP contribution is 2.38. The first-order valence-corrected chi connectivity index (χ1v) is 12.3. The molecule has 0 bridgehead atoms. The number of benzene rings is 3. The fraction of sp³-hybridized carbons (Fsp3) is 0.172. The van der Waals surface area contributed by atoms with Crippen molar-refractivity contribution in [3.8, 4) is 17.2 Å². The van der Waals surface area contributed by atoms with Gasteiger partial charge < -0.3 is 25.3 Å². The minimum atomic E-state index is -0.347. The van der Waals surface area contributed by atoms with Crippen molar-refractivity contribution < 1.29 is 19.0 Å². The SMILES string of the molecule is COc1cc(/C=N\n2c(N)c(C(=O)NCCc3ccccc3)c3nc4ccccc4nc32)cc(OC)c1OC. The molecule has 0 spiro atoms. The van der Waals surface area contributed by atoms with Gasteiger partial charge in [0.15, 0.2) is 17.1 Å². The number of carbonyl (C=O) groups excluding carboxylic acids is 1. The van der Waals surface area contributed by atoms with Crippen LogP contribution < -0.4 is 25.3 Å². The number of nitrogen functional groups attached to an aromatic ring is 1. The Balaban J connectivity index is 1.55. The molecule has 1 amide bonds. The summed E-state index contributed by atoms with van der Waals surface area (Å²) in [5.74, 6) is 1.21. The van der Waals surface area contributed by atoms with Gasteiger partial charge in [-0.2, -0.15) is 9.78 Å². The lowest BCUT2D eigenvalue weighted by Gasteiger charge is -2.12. The molecule has 0 aliphatic rings. The maximum atomic E-state index is 13.4. The largest absolute Gasteiger partial charge is 0.493 e. The molecule has 0 saturated carbocycles. The van der Waals surface area contributed by atoms with Gasteiger partial charge in [0.2, 0.25) is 5.75 Å². The summed E-state index contributed by atoms with van der Waals surface area (Å²) in [5, 5.41) is 7.54. The molecule has 198 valence electrons. The molecule has 0 atom stereocenters. The fourth-order valence-corrected chi connectivity index (χ4v) is 4.34. The van der Waals surface area contributed by atoms with E-state index in [1.54, 1.807) is 32.6 Å². The molecule has 0 fully saturated rings. The van der Waals surface area contributed by atoms with Crippen molar-refractivity contribution in [1.29, 1.82) is 0 Å². The number of anilines is 1. The van der Waals surface area contributed by atoms with Gasteiger partial charge in [-0.3, -0.25) is 4.79 Å². The highest BCUT2D eigenvalue weighted by atomic mass is 16.5. The lowest BCUT2D eigenvalue weighted by atomic mass is 10.1. The number of rotatable bonds is 9. The molecule has 5 rings (SSSR count). The van der Waals surface area contributed by atoms with E-state index in [1.165, 1.54) is 11.8 Å². The number of carbonyl (C=O) groups is 1. The Hall–Kier alpha value is -5.12. The van der Waals surface area contributed by atoms with Crippen LogP contribution in [0.1, 0.15) is 21.5 Å². The molecule has 2 heterocycles. The van der Waals surface area contributed by atoms with Crippen LogP contribution in [-0.2, 0) is 6.42 Å². The summed E-state index contributed by atoms with van der Waals surface area (Å²) >= 11 is 0. The minimum absolute atomic E-state index is 0.126. The van der Waals surface area contributed by atoms with E-state index < -0.39 is 0 Å².